The summed E-state index contributed by atoms with van der Waals surface area (Å²) in [6.45, 7) is 0.385. The Morgan fingerprint density at radius 1 is 0.696 bits per heavy atom. The quantitative estimate of drug-likeness (QED) is 0.311. The second-order valence-electron chi connectivity index (χ2n) is 4.72. The van der Waals surface area contributed by atoms with Crippen LogP contribution in [0, 0.1) is 0 Å². The van der Waals surface area contributed by atoms with E-state index in [1.165, 1.54) is 13.8 Å². The first-order valence-corrected chi connectivity index (χ1v) is 6.53. The van der Waals surface area contributed by atoms with Crippen molar-refractivity contribution in [2.45, 2.75) is 26.3 Å². The van der Waals surface area contributed by atoms with Gasteiger partial charge in [0.25, 0.3) is 0 Å². The predicted molar refractivity (Wildman–Crippen MR) is 73.7 cm³/mol. The Balaban J connectivity index is 4.91. The molecule has 132 valence electrons. The smallest absolute Gasteiger partial charge is 0.317 e. The molecule has 0 fully saturated rings. The van der Waals surface area contributed by atoms with Gasteiger partial charge in [0.05, 0.1) is 26.2 Å². The van der Waals surface area contributed by atoms with Gasteiger partial charge in [-0.3, -0.25) is 29.0 Å². The molecular formula is C12H20N2O9. The van der Waals surface area contributed by atoms with Crippen LogP contribution in [0.2, 0.25) is 0 Å². The molecule has 2 atom stereocenters. The van der Waals surface area contributed by atoms with Gasteiger partial charge in [0.2, 0.25) is 0 Å². The fraction of sp³-hybridized carbons (Fsp3) is 0.667. The summed E-state index contributed by atoms with van der Waals surface area (Å²) in [5.74, 6) is -5.05. The molecule has 0 spiro atoms. The maximum absolute atomic E-state index is 10.8. The summed E-state index contributed by atoms with van der Waals surface area (Å²) in [6.07, 6.45) is -1.97. The van der Waals surface area contributed by atoms with E-state index < -0.39 is 62.5 Å². The van der Waals surface area contributed by atoms with Crippen molar-refractivity contribution in [2.24, 2.45) is 0 Å². The maximum atomic E-state index is 10.8. The van der Waals surface area contributed by atoms with Crippen LogP contribution in [0.1, 0.15) is 13.8 Å². The molecule has 0 bridgehead atoms. The molecule has 0 saturated heterocycles. The third kappa shape index (κ3) is 9.39. The van der Waals surface area contributed by atoms with Crippen LogP contribution >= 0.6 is 0 Å². The highest BCUT2D eigenvalue weighted by atomic mass is 16.5. The van der Waals surface area contributed by atoms with Crippen molar-refractivity contribution in [3.05, 3.63) is 0 Å². The van der Waals surface area contributed by atoms with Gasteiger partial charge in [-0.1, -0.05) is 0 Å². The zero-order valence-corrected chi connectivity index (χ0v) is 12.7. The summed E-state index contributed by atoms with van der Waals surface area (Å²) in [5, 5.41) is 35.1. The normalized spacial score (nSPS) is 13.7. The highest BCUT2D eigenvalue weighted by molar-refractivity contribution is 5.73. The molecular weight excluding hydrogens is 316 g/mol. The molecule has 0 aliphatic heterocycles. The molecule has 23 heavy (non-hydrogen) atoms. The van der Waals surface area contributed by atoms with Crippen molar-refractivity contribution in [2.75, 3.05) is 26.2 Å². The Kier molecular flexibility index (Phi) is 8.77. The number of aliphatic carboxylic acids is 4. The standard InChI is InChI=1S/C12H20N2O9/c1-7(13(3-9(15)16)4-10(17)18)23-8(2)14(5-11(19)20)6-12(21)22/h7-8H,3-6H2,1-2H3,(H,15,16)(H,17,18)(H,19,20)(H,21,22). The van der Waals surface area contributed by atoms with Crippen LogP contribution in [0.4, 0.5) is 0 Å². The van der Waals surface area contributed by atoms with Gasteiger partial charge in [-0.2, -0.15) is 0 Å². The molecule has 0 aromatic rings. The van der Waals surface area contributed by atoms with Crippen LogP contribution in [0.3, 0.4) is 0 Å². The zero-order valence-electron chi connectivity index (χ0n) is 12.7. The predicted octanol–water partition coefficient (Wildman–Crippen LogP) is -1.36. The lowest BCUT2D eigenvalue weighted by Crippen LogP contribution is -2.48. The SMILES string of the molecule is CC(OC(C)N(CC(=O)O)CC(=O)O)N(CC(=O)O)CC(=O)O. The van der Waals surface area contributed by atoms with E-state index in [9.17, 15) is 19.2 Å². The molecule has 11 nitrogen and oxygen atoms in total. The van der Waals surface area contributed by atoms with Crippen LogP contribution < -0.4 is 0 Å². The lowest BCUT2D eigenvalue weighted by molar-refractivity contribution is -0.169. The molecule has 0 aliphatic rings. The van der Waals surface area contributed by atoms with Gasteiger partial charge >= 0.3 is 23.9 Å². The highest BCUT2D eigenvalue weighted by Gasteiger charge is 2.26. The first kappa shape index (κ1) is 20.8. The van der Waals surface area contributed by atoms with E-state index in [1.54, 1.807) is 0 Å². The monoisotopic (exact) mass is 336 g/mol. The summed E-state index contributed by atoms with van der Waals surface area (Å²) < 4.78 is 5.38. The molecule has 4 N–H and O–H groups in total. The number of rotatable bonds is 12. The lowest BCUT2D eigenvalue weighted by atomic mass is 10.4. The van der Waals surface area contributed by atoms with E-state index in [4.69, 9.17) is 25.2 Å². The molecule has 0 radical (unpaired) electrons. The first-order valence-electron chi connectivity index (χ1n) is 6.53. The Morgan fingerprint density at radius 3 is 1.09 bits per heavy atom. The minimum absolute atomic E-state index is 0.599. The van der Waals surface area contributed by atoms with Crippen molar-refractivity contribution in [3.8, 4) is 0 Å². The third-order valence-corrected chi connectivity index (χ3v) is 2.78. The fourth-order valence-electron chi connectivity index (χ4n) is 1.78. The van der Waals surface area contributed by atoms with Gasteiger partial charge in [0.15, 0.2) is 0 Å². The van der Waals surface area contributed by atoms with Crippen molar-refractivity contribution < 1.29 is 44.3 Å². The van der Waals surface area contributed by atoms with E-state index in [0.717, 1.165) is 9.80 Å². The minimum atomic E-state index is -1.26. The minimum Gasteiger partial charge on any atom is -0.480 e. The molecule has 0 amide bonds. The average molecular weight is 336 g/mol. The third-order valence-electron chi connectivity index (χ3n) is 2.78. The lowest BCUT2D eigenvalue weighted by Gasteiger charge is -2.32. The van der Waals surface area contributed by atoms with Gasteiger partial charge in [0.1, 0.15) is 12.5 Å². The van der Waals surface area contributed by atoms with Gasteiger partial charge in [-0.05, 0) is 13.8 Å². The number of nitrogens with zero attached hydrogens (tertiary/aromatic N) is 2. The van der Waals surface area contributed by atoms with Crippen molar-refractivity contribution in [1.82, 2.24) is 9.80 Å². The number of carboxylic acids is 4. The van der Waals surface area contributed by atoms with Gasteiger partial charge in [0, 0.05) is 0 Å². The van der Waals surface area contributed by atoms with Crippen LogP contribution in [0.25, 0.3) is 0 Å². The number of hydrogen-bond donors (Lipinski definition) is 4. The zero-order chi connectivity index (χ0) is 18.2. The number of carbonyl (C=O) groups is 4. The summed E-state index contributed by atoms with van der Waals surface area (Å²) in [7, 11) is 0. The Labute approximate surface area is 131 Å². The Hall–Kier alpha value is -2.24. The van der Waals surface area contributed by atoms with Crippen LogP contribution in [0.15, 0.2) is 0 Å². The molecule has 0 aromatic carbocycles. The molecule has 11 heteroatoms. The van der Waals surface area contributed by atoms with Crippen molar-refractivity contribution >= 4 is 23.9 Å². The second kappa shape index (κ2) is 9.71. The average Bonchev–Trinajstić information content (AvgIpc) is 2.34. The largest absolute Gasteiger partial charge is 0.480 e. The molecule has 0 aromatic heterocycles. The first-order chi connectivity index (χ1) is 10.5. The summed E-state index contributed by atoms with van der Waals surface area (Å²) in [6, 6.07) is 0. The van der Waals surface area contributed by atoms with E-state index in [2.05, 4.69) is 0 Å². The van der Waals surface area contributed by atoms with E-state index >= 15 is 0 Å². The second-order valence-corrected chi connectivity index (χ2v) is 4.72. The molecule has 0 aliphatic carbocycles. The van der Waals surface area contributed by atoms with Crippen LogP contribution in [0.5, 0.6) is 0 Å². The van der Waals surface area contributed by atoms with E-state index in [1.807, 2.05) is 0 Å². The molecule has 0 rings (SSSR count). The van der Waals surface area contributed by atoms with E-state index in [0.29, 0.717) is 0 Å². The summed E-state index contributed by atoms with van der Waals surface area (Å²) >= 11 is 0. The number of ether oxygens (including phenoxy) is 1. The van der Waals surface area contributed by atoms with Gasteiger partial charge < -0.3 is 25.2 Å². The number of hydrogen-bond acceptors (Lipinski definition) is 7. The van der Waals surface area contributed by atoms with E-state index in [-0.39, 0.29) is 0 Å². The Morgan fingerprint density at radius 2 is 0.913 bits per heavy atom. The highest BCUT2D eigenvalue weighted by Crippen LogP contribution is 2.09. The molecule has 2 unspecified atom stereocenters. The van der Waals surface area contributed by atoms with Crippen molar-refractivity contribution in [3.63, 3.8) is 0 Å². The number of carboxylic acid groups (broad SMARTS) is 4. The molecule has 0 heterocycles. The molecule has 0 saturated carbocycles. The topological polar surface area (TPSA) is 165 Å². The van der Waals surface area contributed by atoms with Crippen LogP contribution in [-0.2, 0) is 23.9 Å². The maximum Gasteiger partial charge on any atom is 0.317 e. The summed E-state index contributed by atoms with van der Waals surface area (Å²) in [4.78, 5) is 45.0. The fourth-order valence-corrected chi connectivity index (χ4v) is 1.78. The Bertz CT molecular complexity index is 382. The van der Waals surface area contributed by atoms with Gasteiger partial charge in [-0.25, -0.2) is 0 Å². The van der Waals surface area contributed by atoms with Crippen molar-refractivity contribution in [1.29, 1.82) is 0 Å². The van der Waals surface area contributed by atoms with Gasteiger partial charge in [-0.15, -0.1) is 0 Å². The summed E-state index contributed by atoms with van der Waals surface area (Å²) in [5.41, 5.74) is 0. The van der Waals surface area contributed by atoms with Crippen LogP contribution in [-0.4, -0.2) is 92.7 Å².